The van der Waals surface area contributed by atoms with Gasteiger partial charge in [0, 0.05) is 19.0 Å². The molecule has 0 aromatic heterocycles. The van der Waals surface area contributed by atoms with E-state index in [1.54, 1.807) is 0 Å². The maximum Gasteiger partial charge on any atom is 0.240 e. The molecule has 0 unspecified atom stereocenters. The van der Waals surface area contributed by atoms with E-state index < -0.39 is 5.54 Å². The molecule has 1 saturated heterocycles. The highest BCUT2D eigenvalue weighted by Crippen LogP contribution is 2.27. The summed E-state index contributed by atoms with van der Waals surface area (Å²) < 4.78 is 0. The number of ketones is 1. The summed E-state index contributed by atoms with van der Waals surface area (Å²) in [6, 6.07) is 0. The Morgan fingerprint density at radius 3 is 2.71 bits per heavy atom. The van der Waals surface area contributed by atoms with Crippen molar-refractivity contribution in [2.24, 2.45) is 5.92 Å². The van der Waals surface area contributed by atoms with Gasteiger partial charge in [0.2, 0.25) is 5.91 Å². The number of piperazine rings is 1. The molecular formula is C13H22N2O2. The van der Waals surface area contributed by atoms with Crippen molar-refractivity contribution >= 4 is 11.7 Å². The van der Waals surface area contributed by atoms with Gasteiger partial charge in [-0.2, -0.15) is 0 Å². The number of hydrogen-bond donors (Lipinski definition) is 1. The molecule has 0 radical (unpaired) electrons. The Balaban J connectivity index is 1.97. The molecule has 1 heterocycles. The molecule has 0 bridgehead atoms. The van der Waals surface area contributed by atoms with Crippen LogP contribution in [0.1, 0.15) is 39.5 Å². The van der Waals surface area contributed by atoms with Crippen LogP contribution in [0.3, 0.4) is 0 Å². The zero-order valence-corrected chi connectivity index (χ0v) is 10.8. The van der Waals surface area contributed by atoms with Gasteiger partial charge in [-0.15, -0.1) is 0 Å². The van der Waals surface area contributed by atoms with Crippen LogP contribution in [0.15, 0.2) is 0 Å². The minimum atomic E-state index is -0.549. The highest BCUT2D eigenvalue weighted by atomic mass is 16.2. The van der Waals surface area contributed by atoms with Gasteiger partial charge >= 0.3 is 0 Å². The number of carbonyl (C=O) groups is 2. The Labute approximate surface area is 103 Å². The zero-order valence-electron chi connectivity index (χ0n) is 10.8. The molecule has 4 nitrogen and oxygen atoms in total. The van der Waals surface area contributed by atoms with Crippen LogP contribution < -0.4 is 5.32 Å². The SMILES string of the molecule is CC1(C)C(=O)NCCN1CC(=O)C1CCCC1. The lowest BCUT2D eigenvalue weighted by atomic mass is 9.96. The molecule has 2 fully saturated rings. The maximum absolute atomic E-state index is 12.1. The second-order valence-corrected chi connectivity index (χ2v) is 5.68. The van der Waals surface area contributed by atoms with Crippen LogP contribution in [0, 0.1) is 5.92 Å². The summed E-state index contributed by atoms with van der Waals surface area (Å²) in [4.78, 5) is 25.9. The summed E-state index contributed by atoms with van der Waals surface area (Å²) in [6.45, 7) is 5.65. The standard InChI is InChI=1S/C13H22N2O2/c1-13(2)12(17)14-7-8-15(13)9-11(16)10-5-3-4-6-10/h10H,3-9H2,1-2H3,(H,14,17). The van der Waals surface area contributed by atoms with Gasteiger partial charge in [-0.1, -0.05) is 12.8 Å². The third kappa shape index (κ3) is 2.51. The van der Waals surface area contributed by atoms with E-state index in [1.807, 2.05) is 18.7 Å². The van der Waals surface area contributed by atoms with Crippen LogP contribution in [0.4, 0.5) is 0 Å². The maximum atomic E-state index is 12.1. The van der Waals surface area contributed by atoms with Gasteiger partial charge in [-0.25, -0.2) is 0 Å². The Hall–Kier alpha value is -0.900. The van der Waals surface area contributed by atoms with Gasteiger partial charge in [0.25, 0.3) is 0 Å². The number of nitrogens with one attached hydrogen (secondary N) is 1. The Kier molecular flexibility index (Phi) is 3.52. The first kappa shape index (κ1) is 12.6. The number of amides is 1. The van der Waals surface area contributed by atoms with Crippen LogP contribution in [0.25, 0.3) is 0 Å². The molecule has 96 valence electrons. The predicted octanol–water partition coefficient (Wildman–Crippen LogP) is 0.956. The molecule has 2 aliphatic rings. The zero-order chi connectivity index (χ0) is 12.5. The van der Waals surface area contributed by atoms with Crippen LogP contribution >= 0.6 is 0 Å². The van der Waals surface area contributed by atoms with E-state index in [9.17, 15) is 9.59 Å². The minimum Gasteiger partial charge on any atom is -0.353 e. The third-order valence-corrected chi connectivity index (χ3v) is 4.17. The fraction of sp³-hybridized carbons (Fsp3) is 0.846. The van der Waals surface area contributed by atoms with Crippen molar-refractivity contribution in [3.8, 4) is 0 Å². The highest BCUT2D eigenvalue weighted by molar-refractivity contribution is 5.88. The average Bonchev–Trinajstić information content (AvgIpc) is 2.78. The Bertz CT molecular complexity index is 319. The van der Waals surface area contributed by atoms with Crippen LogP contribution in [-0.4, -0.2) is 41.8 Å². The van der Waals surface area contributed by atoms with Gasteiger partial charge < -0.3 is 5.32 Å². The largest absolute Gasteiger partial charge is 0.353 e. The molecule has 1 saturated carbocycles. The normalized spacial score (nSPS) is 25.9. The van der Waals surface area contributed by atoms with Crippen LogP contribution in [-0.2, 0) is 9.59 Å². The molecule has 0 atom stereocenters. The molecule has 0 aromatic rings. The first-order valence-corrected chi connectivity index (χ1v) is 6.58. The molecular weight excluding hydrogens is 216 g/mol. The first-order chi connectivity index (χ1) is 8.01. The summed E-state index contributed by atoms with van der Waals surface area (Å²) in [6.07, 6.45) is 4.44. The Morgan fingerprint density at radius 1 is 1.41 bits per heavy atom. The number of nitrogens with zero attached hydrogens (tertiary/aromatic N) is 1. The van der Waals surface area contributed by atoms with Crippen molar-refractivity contribution in [2.45, 2.75) is 45.1 Å². The smallest absolute Gasteiger partial charge is 0.240 e. The molecule has 2 rings (SSSR count). The lowest BCUT2D eigenvalue weighted by Gasteiger charge is -2.41. The van der Waals surface area contributed by atoms with Crippen molar-refractivity contribution in [3.05, 3.63) is 0 Å². The van der Waals surface area contributed by atoms with E-state index in [-0.39, 0.29) is 11.8 Å². The molecule has 4 heteroatoms. The molecule has 17 heavy (non-hydrogen) atoms. The summed E-state index contributed by atoms with van der Waals surface area (Å²) in [5.41, 5.74) is -0.549. The number of rotatable bonds is 3. The highest BCUT2D eigenvalue weighted by Gasteiger charge is 2.39. The van der Waals surface area contributed by atoms with Crippen molar-refractivity contribution in [2.75, 3.05) is 19.6 Å². The summed E-state index contributed by atoms with van der Waals surface area (Å²) in [7, 11) is 0. The fourth-order valence-corrected chi connectivity index (χ4v) is 2.79. The van der Waals surface area contributed by atoms with Crippen molar-refractivity contribution in [1.82, 2.24) is 10.2 Å². The van der Waals surface area contributed by atoms with Crippen molar-refractivity contribution in [1.29, 1.82) is 0 Å². The monoisotopic (exact) mass is 238 g/mol. The molecule has 1 aliphatic heterocycles. The quantitative estimate of drug-likeness (QED) is 0.796. The van der Waals surface area contributed by atoms with E-state index in [4.69, 9.17) is 0 Å². The lowest BCUT2D eigenvalue weighted by Crippen LogP contribution is -2.62. The van der Waals surface area contributed by atoms with Crippen molar-refractivity contribution in [3.63, 3.8) is 0 Å². The summed E-state index contributed by atoms with van der Waals surface area (Å²) in [5, 5.41) is 2.85. The second kappa shape index (κ2) is 4.77. The minimum absolute atomic E-state index is 0.0305. The summed E-state index contributed by atoms with van der Waals surface area (Å²) in [5.74, 6) is 0.601. The predicted molar refractivity (Wildman–Crippen MR) is 65.6 cm³/mol. The topological polar surface area (TPSA) is 49.4 Å². The van der Waals surface area contributed by atoms with Crippen LogP contribution in [0.5, 0.6) is 0 Å². The van der Waals surface area contributed by atoms with Gasteiger partial charge in [0.05, 0.1) is 12.1 Å². The number of Topliss-reactive ketones (excluding diaryl/α,β-unsaturated/α-hetero) is 1. The Morgan fingerprint density at radius 2 is 2.06 bits per heavy atom. The number of hydrogen-bond acceptors (Lipinski definition) is 3. The number of carbonyl (C=O) groups excluding carboxylic acids is 2. The lowest BCUT2D eigenvalue weighted by molar-refractivity contribution is -0.137. The van der Waals surface area contributed by atoms with Gasteiger partial charge in [0.15, 0.2) is 0 Å². The molecule has 0 aromatic carbocycles. The average molecular weight is 238 g/mol. The molecule has 1 amide bonds. The second-order valence-electron chi connectivity index (χ2n) is 5.68. The first-order valence-electron chi connectivity index (χ1n) is 6.58. The van der Waals surface area contributed by atoms with Gasteiger partial charge in [-0.3, -0.25) is 14.5 Å². The van der Waals surface area contributed by atoms with Gasteiger partial charge in [-0.05, 0) is 26.7 Å². The van der Waals surface area contributed by atoms with Crippen molar-refractivity contribution < 1.29 is 9.59 Å². The van der Waals surface area contributed by atoms with E-state index in [0.29, 0.717) is 18.9 Å². The summed E-state index contributed by atoms with van der Waals surface area (Å²) >= 11 is 0. The van der Waals surface area contributed by atoms with Crippen LogP contribution in [0.2, 0.25) is 0 Å². The van der Waals surface area contributed by atoms with E-state index >= 15 is 0 Å². The van der Waals surface area contributed by atoms with E-state index in [1.165, 1.54) is 12.8 Å². The molecule has 1 aliphatic carbocycles. The molecule has 1 N–H and O–H groups in total. The molecule has 0 spiro atoms. The fourth-order valence-electron chi connectivity index (χ4n) is 2.79. The third-order valence-electron chi connectivity index (χ3n) is 4.17. The van der Waals surface area contributed by atoms with E-state index in [0.717, 1.165) is 19.4 Å². The van der Waals surface area contributed by atoms with Gasteiger partial charge in [0.1, 0.15) is 5.78 Å². The van der Waals surface area contributed by atoms with E-state index in [2.05, 4.69) is 5.32 Å².